The molecule has 9 heteroatoms. The van der Waals surface area contributed by atoms with Gasteiger partial charge in [-0.25, -0.2) is 17.9 Å². The smallest absolute Gasteiger partial charge is 0.240 e. The van der Waals surface area contributed by atoms with E-state index in [1.54, 1.807) is 0 Å². The van der Waals surface area contributed by atoms with Crippen molar-refractivity contribution in [3.8, 4) is 5.75 Å². The van der Waals surface area contributed by atoms with E-state index >= 15 is 0 Å². The van der Waals surface area contributed by atoms with Crippen molar-refractivity contribution in [2.24, 2.45) is 5.14 Å². The average Bonchev–Trinajstić information content (AvgIpc) is 3.48. The second kappa shape index (κ2) is 9.20. The minimum absolute atomic E-state index is 0.131. The molecule has 3 rings (SSSR count). The summed E-state index contributed by atoms with van der Waals surface area (Å²) in [6.07, 6.45) is 3.75. The molecule has 1 atom stereocenters. The first-order valence-corrected chi connectivity index (χ1v) is 11.8. The highest BCUT2D eigenvalue weighted by molar-refractivity contribution is 7.89. The van der Waals surface area contributed by atoms with Crippen LogP contribution in [0.3, 0.4) is 0 Å². The molecule has 1 fully saturated rings. The molecule has 1 aliphatic carbocycles. The summed E-state index contributed by atoms with van der Waals surface area (Å²) >= 11 is 0. The number of primary sulfonamides is 1. The lowest BCUT2D eigenvalue weighted by Crippen LogP contribution is -2.46. The topological polar surface area (TPSA) is 115 Å². The van der Waals surface area contributed by atoms with Crippen LogP contribution in [-0.2, 0) is 16.4 Å². The van der Waals surface area contributed by atoms with Gasteiger partial charge in [-0.1, -0.05) is 6.07 Å². The number of β-amino-alcohol motifs (C(OH)–C–C–N with tert-alkyl or cyclic N) is 1. The first kappa shape index (κ1) is 23.6. The predicted molar refractivity (Wildman–Crippen MR) is 116 cm³/mol. The number of aryl methyl sites for hydroxylation is 1. The maximum Gasteiger partial charge on any atom is 0.240 e. The Morgan fingerprint density at radius 2 is 2.06 bits per heavy atom. The molecule has 170 valence electrons. The summed E-state index contributed by atoms with van der Waals surface area (Å²) in [7, 11) is -4.09. The molecule has 1 aromatic heterocycles. The third-order valence-corrected chi connectivity index (χ3v) is 6.12. The van der Waals surface area contributed by atoms with Gasteiger partial charge in [-0.2, -0.15) is 0 Å². The Bertz CT molecular complexity index is 1040. The fraction of sp³-hybridized carbons (Fsp3) is 0.500. The van der Waals surface area contributed by atoms with Crippen LogP contribution in [0.2, 0.25) is 0 Å². The number of aromatic nitrogens is 1. The fourth-order valence-electron chi connectivity index (χ4n) is 3.43. The van der Waals surface area contributed by atoms with Crippen molar-refractivity contribution in [2.75, 3.05) is 13.2 Å². The van der Waals surface area contributed by atoms with Crippen LogP contribution >= 0.6 is 0 Å². The Hall–Kier alpha value is -2.07. The van der Waals surface area contributed by atoms with Crippen LogP contribution in [0.5, 0.6) is 5.75 Å². The van der Waals surface area contributed by atoms with E-state index < -0.39 is 32.4 Å². The summed E-state index contributed by atoms with van der Waals surface area (Å²) in [6.45, 7) is 6.20. The first-order valence-electron chi connectivity index (χ1n) is 10.3. The lowest BCUT2D eigenvalue weighted by molar-refractivity contribution is 0.0981. The fourth-order valence-corrected chi connectivity index (χ4v) is 4.02. The summed E-state index contributed by atoms with van der Waals surface area (Å²) in [4.78, 5) is 3.96. The van der Waals surface area contributed by atoms with Gasteiger partial charge in [-0.05, 0) is 69.4 Å². The molecule has 0 amide bonds. The number of halogens is 1. The van der Waals surface area contributed by atoms with Gasteiger partial charge < -0.3 is 15.2 Å². The maximum absolute atomic E-state index is 14.1. The van der Waals surface area contributed by atoms with E-state index in [0.717, 1.165) is 29.8 Å². The molecular formula is C22H30FN3O4S. The van der Waals surface area contributed by atoms with Gasteiger partial charge in [0.2, 0.25) is 10.0 Å². The van der Waals surface area contributed by atoms with Gasteiger partial charge in [0.1, 0.15) is 29.2 Å². The Balaban J connectivity index is 1.53. The summed E-state index contributed by atoms with van der Waals surface area (Å²) in [6, 6.07) is 5.83. The molecule has 2 aromatic rings. The molecule has 0 radical (unpaired) electrons. The quantitative estimate of drug-likeness (QED) is 0.511. The van der Waals surface area contributed by atoms with Crippen LogP contribution < -0.4 is 15.2 Å². The van der Waals surface area contributed by atoms with Gasteiger partial charge in [-0.3, -0.25) is 4.98 Å². The highest BCUT2D eigenvalue weighted by atomic mass is 32.2. The lowest BCUT2D eigenvalue weighted by atomic mass is 9.94. The number of aliphatic hydroxyl groups is 1. The molecule has 31 heavy (non-hydrogen) atoms. The Morgan fingerprint density at radius 3 is 2.68 bits per heavy atom. The van der Waals surface area contributed by atoms with Crippen LogP contribution in [0.25, 0.3) is 0 Å². The molecule has 0 aliphatic heterocycles. The van der Waals surface area contributed by atoms with Crippen LogP contribution in [0.1, 0.15) is 49.4 Å². The van der Waals surface area contributed by atoms with Crippen molar-refractivity contribution in [1.82, 2.24) is 10.3 Å². The number of benzene rings is 1. The van der Waals surface area contributed by atoms with E-state index in [4.69, 9.17) is 9.88 Å². The minimum Gasteiger partial charge on any atom is -0.489 e. The molecule has 1 saturated carbocycles. The van der Waals surface area contributed by atoms with Crippen molar-refractivity contribution in [2.45, 2.75) is 62.5 Å². The molecular weight excluding hydrogens is 421 g/mol. The number of nitrogens with two attached hydrogens (primary N) is 1. The van der Waals surface area contributed by atoms with Gasteiger partial charge in [0.25, 0.3) is 0 Å². The third kappa shape index (κ3) is 6.70. The molecule has 0 bridgehead atoms. The second-order valence-electron chi connectivity index (χ2n) is 8.89. The third-order valence-electron chi connectivity index (χ3n) is 5.18. The van der Waals surface area contributed by atoms with E-state index in [0.29, 0.717) is 17.9 Å². The number of hydrogen-bond acceptors (Lipinski definition) is 6. The van der Waals surface area contributed by atoms with Crippen molar-refractivity contribution in [1.29, 1.82) is 0 Å². The number of nitrogens with zero attached hydrogens (tertiary/aromatic N) is 1. The lowest BCUT2D eigenvalue weighted by Gasteiger charge is -2.28. The minimum atomic E-state index is -4.09. The molecule has 0 unspecified atom stereocenters. The molecule has 4 N–H and O–H groups in total. The predicted octanol–water partition coefficient (Wildman–Crippen LogP) is 2.40. The summed E-state index contributed by atoms with van der Waals surface area (Å²) in [5, 5.41) is 18.6. The maximum atomic E-state index is 14.1. The molecule has 1 aromatic carbocycles. The van der Waals surface area contributed by atoms with Gasteiger partial charge in [0, 0.05) is 24.2 Å². The van der Waals surface area contributed by atoms with Gasteiger partial charge in [-0.15, -0.1) is 0 Å². The Labute approximate surface area is 182 Å². The second-order valence-corrected chi connectivity index (χ2v) is 10.4. The summed E-state index contributed by atoms with van der Waals surface area (Å²) < 4.78 is 42.6. The van der Waals surface area contributed by atoms with Crippen molar-refractivity contribution in [3.05, 3.63) is 53.1 Å². The van der Waals surface area contributed by atoms with Gasteiger partial charge in [0.15, 0.2) is 0 Å². The van der Waals surface area contributed by atoms with Crippen LogP contribution in [0.15, 0.2) is 35.4 Å². The van der Waals surface area contributed by atoms with E-state index in [-0.39, 0.29) is 13.2 Å². The Kier molecular flexibility index (Phi) is 7.00. The van der Waals surface area contributed by atoms with E-state index in [1.165, 1.54) is 18.2 Å². The molecule has 1 aliphatic rings. The Morgan fingerprint density at radius 1 is 1.35 bits per heavy atom. The summed E-state index contributed by atoms with van der Waals surface area (Å²) in [5.41, 5.74) is 2.11. The zero-order chi connectivity index (χ0) is 22.8. The van der Waals surface area contributed by atoms with Crippen molar-refractivity contribution in [3.63, 3.8) is 0 Å². The largest absolute Gasteiger partial charge is 0.489 e. The monoisotopic (exact) mass is 451 g/mol. The number of nitrogens with one attached hydrogen (secondary N) is 1. The molecule has 0 saturated heterocycles. The number of pyridine rings is 1. The van der Waals surface area contributed by atoms with E-state index in [2.05, 4.69) is 10.3 Å². The number of sulfonamides is 1. The number of aliphatic hydroxyl groups excluding tert-OH is 1. The van der Waals surface area contributed by atoms with E-state index in [1.807, 2.05) is 33.0 Å². The highest BCUT2D eigenvalue weighted by Crippen LogP contribution is 2.43. The summed E-state index contributed by atoms with van der Waals surface area (Å²) in [5.74, 6) is 0.305. The average molecular weight is 452 g/mol. The number of rotatable bonds is 10. The normalized spacial score (nSPS) is 15.7. The van der Waals surface area contributed by atoms with Crippen LogP contribution in [0, 0.1) is 12.7 Å². The number of ether oxygens (including phenoxy) is 1. The standard InChI is InChI=1S/C22H30FN3O4S/c1-14-8-19(21(25-11-14)16-5-6-16)30-13-17(27)12-26-22(2,3)10-15-4-7-20(18(23)9-15)31(24,28)29/h4,7-9,11,16-17,26-27H,5-6,10,12-13H2,1-3H3,(H2,24,28,29)/t17-/m0/s1. The first-order chi connectivity index (χ1) is 14.4. The highest BCUT2D eigenvalue weighted by Gasteiger charge is 2.29. The molecule has 0 spiro atoms. The van der Waals surface area contributed by atoms with Crippen LogP contribution in [-0.4, -0.2) is 43.3 Å². The van der Waals surface area contributed by atoms with Crippen LogP contribution in [0.4, 0.5) is 4.39 Å². The SMILES string of the molecule is Cc1cnc(C2CC2)c(OC[C@@H](O)CNC(C)(C)Cc2ccc(S(N)(=O)=O)c(F)c2)c1. The zero-order valence-electron chi connectivity index (χ0n) is 18.1. The van der Waals surface area contributed by atoms with Gasteiger partial charge >= 0.3 is 0 Å². The molecule has 1 heterocycles. The molecule has 7 nitrogen and oxygen atoms in total. The van der Waals surface area contributed by atoms with Gasteiger partial charge in [0.05, 0.1) is 5.69 Å². The van der Waals surface area contributed by atoms with Crippen molar-refractivity contribution >= 4 is 10.0 Å². The van der Waals surface area contributed by atoms with Crippen molar-refractivity contribution < 1.29 is 22.7 Å². The number of hydrogen-bond donors (Lipinski definition) is 3. The zero-order valence-corrected chi connectivity index (χ0v) is 18.9. The van der Waals surface area contributed by atoms with E-state index in [9.17, 15) is 17.9 Å².